The predicted molar refractivity (Wildman–Crippen MR) is 90.2 cm³/mol. The molecule has 0 bridgehead atoms. The highest BCUT2D eigenvalue weighted by molar-refractivity contribution is 9.10. The van der Waals surface area contributed by atoms with Crippen LogP contribution in [0.25, 0.3) is 0 Å². The fourth-order valence-electron chi connectivity index (χ4n) is 2.09. The lowest BCUT2D eigenvalue weighted by atomic mass is 10.2. The zero-order valence-corrected chi connectivity index (χ0v) is 14.8. The SMILES string of the molecule is COc1cc(NC(C)c2sccc2Br)cc(OC)c1OC. The van der Waals surface area contributed by atoms with Gasteiger partial charge < -0.3 is 19.5 Å². The van der Waals surface area contributed by atoms with E-state index in [1.54, 1.807) is 32.7 Å². The van der Waals surface area contributed by atoms with Gasteiger partial charge in [-0.3, -0.25) is 0 Å². The van der Waals surface area contributed by atoms with Gasteiger partial charge in [-0.05, 0) is 34.3 Å². The van der Waals surface area contributed by atoms with Gasteiger partial charge >= 0.3 is 0 Å². The first-order valence-corrected chi connectivity index (χ1v) is 8.07. The molecule has 4 nitrogen and oxygen atoms in total. The third-order valence-electron chi connectivity index (χ3n) is 3.09. The lowest BCUT2D eigenvalue weighted by Gasteiger charge is -2.18. The summed E-state index contributed by atoms with van der Waals surface area (Å²) in [5, 5.41) is 5.51. The van der Waals surface area contributed by atoms with E-state index in [1.807, 2.05) is 18.2 Å². The normalized spacial score (nSPS) is 11.9. The van der Waals surface area contributed by atoms with Gasteiger partial charge in [0.2, 0.25) is 5.75 Å². The van der Waals surface area contributed by atoms with E-state index in [-0.39, 0.29) is 6.04 Å². The van der Waals surface area contributed by atoms with Crippen LogP contribution in [0.2, 0.25) is 0 Å². The van der Waals surface area contributed by atoms with Crippen molar-refractivity contribution in [3.63, 3.8) is 0 Å². The standard InChI is InChI=1S/C15H18BrNO3S/c1-9(15-11(16)5-6-21-15)17-10-7-12(18-2)14(20-4)13(8-10)19-3/h5-9,17H,1-4H3. The van der Waals surface area contributed by atoms with Crippen LogP contribution in [0.3, 0.4) is 0 Å². The third kappa shape index (κ3) is 3.44. The monoisotopic (exact) mass is 371 g/mol. The molecule has 0 aliphatic rings. The van der Waals surface area contributed by atoms with Gasteiger partial charge in [0.15, 0.2) is 11.5 Å². The van der Waals surface area contributed by atoms with Crippen LogP contribution in [0.4, 0.5) is 5.69 Å². The Bertz CT molecular complexity index is 590. The van der Waals surface area contributed by atoms with Crippen molar-refractivity contribution in [1.29, 1.82) is 0 Å². The van der Waals surface area contributed by atoms with Crippen molar-refractivity contribution in [2.24, 2.45) is 0 Å². The predicted octanol–water partition coefficient (Wildman–Crippen LogP) is 4.71. The highest BCUT2D eigenvalue weighted by atomic mass is 79.9. The second-order valence-electron chi connectivity index (χ2n) is 4.41. The molecule has 1 aromatic carbocycles. The van der Waals surface area contributed by atoms with Crippen LogP contribution < -0.4 is 19.5 Å². The number of thiophene rings is 1. The van der Waals surface area contributed by atoms with Crippen molar-refractivity contribution in [2.45, 2.75) is 13.0 Å². The topological polar surface area (TPSA) is 39.7 Å². The molecule has 6 heteroatoms. The summed E-state index contributed by atoms with van der Waals surface area (Å²) in [6, 6.07) is 6.02. The molecule has 0 aliphatic carbocycles. The molecule has 1 heterocycles. The van der Waals surface area contributed by atoms with E-state index in [0.717, 1.165) is 10.2 Å². The number of benzene rings is 1. The fraction of sp³-hybridized carbons (Fsp3) is 0.333. The summed E-state index contributed by atoms with van der Waals surface area (Å²) in [6.07, 6.45) is 0. The molecule has 114 valence electrons. The number of halogens is 1. The van der Waals surface area contributed by atoms with Gasteiger partial charge in [-0.2, -0.15) is 0 Å². The number of nitrogens with one attached hydrogen (secondary N) is 1. The second-order valence-corrected chi connectivity index (χ2v) is 6.21. The quantitative estimate of drug-likeness (QED) is 0.797. The Balaban J connectivity index is 2.30. The van der Waals surface area contributed by atoms with Gasteiger partial charge in [-0.25, -0.2) is 0 Å². The minimum Gasteiger partial charge on any atom is -0.493 e. The minimum atomic E-state index is 0.169. The van der Waals surface area contributed by atoms with Gasteiger partial charge in [0, 0.05) is 27.2 Å². The summed E-state index contributed by atoms with van der Waals surface area (Å²) in [6.45, 7) is 2.11. The van der Waals surface area contributed by atoms with Crippen molar-refractivity contribution in [2.75, 3.05) is 26.6 Å². The Morgan fingerprint density at radius 1 is 1.10 bits per heavy atom. The minimum absolute atomic E-state index is 0.169. The molecule has 0 aliphatic heterocycles. The van der Waals surface area contributed by atoms with Crippen LogP contribution in [-0.2, 0) is 0 Å². The van der Waals surface area contributed by atoms with Crippen LogP contribution in [0, 0.1) is 0 Å². The molecule has 1 N–H and O–H groups in total. The summed E-state index contributed by atoms with van der Waals surface area (Å²) >= 11 is 5.27. The van der Waals surface area contributed by atoms with E-state index < -0.39 is 0 Å². The van der Waals surface area contributed by atoms with E-state index >= 15 is 0 Å². The highest BCUT2D eigenvalue weighted by Gasteiger charge is 2.16. The van der Waals surface area contributed by atoms with Gasteiger partial charge in [0.25, 0.3) is 0 Å². The van der Waals surface area contributed by atoms with Crippen molar-refractivity contribution in [3.05, 3.63) is 32.9 Å². The smallest absolute Gasteiger partial charge is 0.203 e. The molecular formula is C15H18BrNO3S. The summed E-state index contributed by atoms with van der Waals surface area (Å²) in [4.78, 5) is 1.24. The zero-order valence-electron chi connectivity index (χ0n) is 12.4. The van der Waals surface area contributed by atoms with E-state index in [0.29, 0.717) is 17.2 Å². The molecule has 1 unspecified atom stereocenters. The van der Waals surface area contributed by atoms with Crippen LogP contribution in [0.5, 0.6) is 17.2 Å². The maximum absolute atomic E-state index is 5.36. The van der Waals surface area contributed by atoms with Crippen molar-refractivity contribution >= 4 is 33.0 Å². The van der Waals surface area contributed by atoms with Gasteiger partial charge in [0.05, 0.1) is 27.4 Å². The molecule has 2 rings (SSSR count). The Morgan fingerprint density at radius 2 is 1.71 bits per heavy atom. The number of hydrogen-bond acceptors (Lipinski definition) is 5. The summed E-state index contributed by atoms with van der Waals surface area (Å²) in [7, 11) is 4.82. The molecule has 2 aromatic rings. The van der Waals surface area contributed by atoms with Crippen LogP contribution in [-0.4, -0.2) is 21.3 Å². The molecule has 0 amide bonds. The molecule has 0 saturated heterocycles. The van der Waals surface area contributed by atoms with Crippen molar-refractivity contribution in [1.82, 2.24) is 0 Å². The molecule has 1 aromatic heterocycles. The first kappa shape index (κ1) is 16.0. The Hall–Kier alpha value is -1.40. The van der Waals surface area contributed by atoms with Crippen LogP contribution >= 0.6 is 27.3 Å². The molecule has 0 radical (unpaired) electrons. The largest absolute Gasteiger partial charge is 0.493 e. The third-order valence-corrected chi connectivity index (χ3v) is 5.14. The lowest BCUT2D eigenvalue weighted by Crippen LogP contribution is -2.06. The van der Waals surface area contributed by atoms with Crippen LogP contribution in [0.15, 0.2) is 28.1 Å². The average molecular weight is 372 g/mol. The van der Waals surface area contributed by atoms with Gasteiger partial charge in [-0.15, -0.1) is 11.3 Å². The molecule has 21 heavy (non-hydrogen) atoms. The molecular weight excluding hydrogens is 354 g/mol. The number of methoxy groups -OCH3 is 3. The van der Waals surface area contributed by atoms with E-state index in [9.17, 15) is 0 Å². The maximum atomic E-state index is 5.36. The van der Waals surface area contributed by atoms with Crippen molar-refractivity contribution in [3.8, 4) is 17.2 Å². The Kier molecular flexibility index (Phi) is 5.36. The van der Waals surface area contributed by atoms with Gasteiger partial charge in [0.1, 0.15) is 0 Å². The number of rotatable bonds is 6. The maximum Gasteiger partial charge on any atom is 0.203 e. The summed E-state index contributed by atoms with van der Waals surface area (Å²) in [5.41, 5.74) is 0.914. The van der Waals surface area contributed by atoms with E-state index in [2.05, 4.69) is 33.6 Å². The Labute approximate surface area is 137 Å². The number of ether oxygens (including phenoxy) is 3. The molecule has 0 spiro atoms. The summed E-state index contributed by atoms with van der Waals surface area (Å²) in [5.74, 6) is 1.86. The van der Waals surface area contributed by atoms with E-state index in [4.69, 9.17) is 14.2 Å². The fourth-order valence-corrected chi connectivity index (χ4v) is 3.82. The molecule has 1 atom stereocenters. The highest BCUT2D eigenvalue weighted by Crippen LogP contribution is 2.41. The summed E-state index contributed by atoms with van der Waals surface area (Å²) < 4.78 is 17.2. The second kappa shape index (κ2) is 7.04. The first-order chi connectivity index (χ1) is 10.1. The van der Waals surface area contributed by atoms with Crippen molar-refractivity contribution < 1.29 is 14.2 Å². The Morgan fingerprint density at radius 3 is 2.14 bits per heavy atom. The first-order valence-electron chi connectivity index (χ1n) is 6.40. The average Bonchev–Trinajstić information content (AvgIpc) is 2.92. The van der Waals surface area contributed by atoms with E-state index in [1.165, 1.54) is 4.88 Å². The lowest BCUT2D eigenvalue weighted by molar-refractivity contribution is 0.324. The molecule has 0 saturated carbocycles. The zero-order chi connectivity index (χ0) is 15.4. The molecule has 0 fully saturated rings. The number of hydrogen-bond donors (Lipinski definition) is 1. The van der Waals surface area contributed by atoms with Gasteiger partial charge in [-0.1, -0.05) is 0 Å². The van der Waals surface area contributed by atoms with Crippen LogP contribution in [0.1, 0.15) is 17.8 Å². The number of anilines is 1.